The third-order valence-corrected chi connectivity index (χ3v) is 4.07. The fourth-order valence-corrected chi connectivity index (χ4v) is 2.72. The highest BCUT2D eigenvalue weighted by molar-refractivity contribution is 6.23. The zero-order chi connectivity index (χ0) is 19.3. The third-order valence-electron chi connectivity index (χ3n) is 4.07. The molecule has 0 bridgehead atoms. The van der Waals surface area contributed by atoms with Crippen LogP contribution >= 0.6 is 0 Å². The molecule has 25 heavy (non-hydrogen) atoms. The largest absolute Gasteiger partial charge is 0.511 e. The highest BCUT2D eigenvalue weighted by atomic mass is 16.3. The molecule has 0 aliphatic heterocycles. The molecule has 0 aromatic rings. The van der Waals surface area contributed by atoms with E-state index in [-0.39, 0.29) is 47.2 Å². The number of Topliss-reactive ketones (excluding diaryl/α,β-unsaturated/α-hetero) is 2. The number of carbonyl (C=O) groups is 2. The number of ketones is 2. The molecule has 0 aromatic heterocycles. The summed E-state index contributed by atoms with van der Waals surface area (Å²) in [5, 5.41) is 21.1. The van der Waals surface area contributed by atoms with Crippen molar-refractivity contribution in [3.63, 3.8) is 0 Å². The van der Waals surface area contributed by atoms with E-state index in [4.69, 9.17) is 0 Å². The number of hydrogen-bond acceptors (Lipinski definition) is 4. The predicted octanol–water partition coefficient (Wildman–Crippen LogP) is 5.14. The summed E-state index contributed by atoms with van der Waals surface area (Å²) in [5.74, 6) is -2.06. The average molecular weight is 346 g/mol. The maximum atomic E-state index is 12.8. The van der Waals surface area contributed by atoms with Crippen molar-refractivity contribution >= 4 is 11.6 Å². The minimum absolute atomic E-state index is 0.0811. The van der Waals surface area contributed by atoms with Crippen LogP contribution in [0, 0.1) is 11.8 Å². The Morgan fingerprint density at radius 1 is 1.08 bits per heavy atom. The minimum Gasteiger partial charge on any atom is -0.511 e. The molecule has 1 aliphatic rings. The average Bonchev–Trinajstić information content (AvgIpc) is 2.45. The molecule has 0 heterocycles. The van der Waals surface area contributed by atoms with Gasteiger partial charge in [0.15, 0.2) is 11.6 Å². The van der Waals surface area contributed by atoms with Crippen molar-refractivity contribution in [3.8, 4) is 0 Å². The molecule has 1 aliphatic carbocycles. The van der Waals surface area contributed by atoms with Gasteiger partial charge in [0.1, 0.15) is 17.1 Å². The number of hydrogen-bond donors (Lipinski definition) is 2. The highest BCUT2D eigenvalue weighted by Gasteiger charge is 2.38. The van der Waals surface area contributed by atoms with Crippen molar-refractivity contribution in [2.75, 3.05) is 0 Å². The standard InChI is InChI=1S/C21H30O4/c1-12(2)7-9-15-19(23)16(10-8-13(3)4)21(25)18(20(15)24)17(22)11-14(5)6/h7-8,14-15,23,25H,9-11H2,1-6H3. The van der Waals surface area contributed by atoms with E-state index in [1.807, 2.05) is 53.7 Å². The van der Waals surface area contributed by atoms with Gasteiger partial charge < -0.3 is 10.2 Å². The van der Waals surface area contributed by atoms with Crippen LogP contribution in [0.4, 0.5) is 0 Å². The van der Waals surface area contributed by atoms with Crippen LogP contribution in [0.25, 0.3) is 0 Å². The Morgan fingerprint density at radius 3 is 2.12 bits per heavy atom. The first-order chi connectivity index (χ1) is 11.6. The van der Waals surface area contributed by atoms with Crippen molar-refractivity contribution in [1.82, 2.24) is 0 Å². The van der Waals surface area contributed by atoms with Crippen LogP contribution in [0.15, 0.2) is 46.0 Å². The number of aliphatic hydroxyl groups excluding tert-OH is 2. The van der Waals surface area contributed by atoms with E-state index in [0.29, 0.717) is 6.42 Å². The molecule has 0 saturated carbocycles. The normalized spacial score (nSPS) is 17.9. The molecule has 0 amide bonds. The minimum atomic E-state index is -0.808. The zero-order valence-corrected chi connectivity index (χ0v) is 16.1. The molecule has 1 unspecified atom stereocenters. The van der Waals surface area contributed by atoms with E-state index in [0.717, 1.165) is 11.1 Å². The maximum Gasteiger partial charge on any atom is 0.181 e. The van der Waals surface area contributed by atoms with Gasteiger partial charge in [0, 0.05) is 12.0 Å². The summed E-state index contributed by atoms with van der Waals surface area (Å²) in [6.45, 7) is 11.4. The van der Waals surface area contributed by atoms with Gasteiger partial charge in [-0.2, -0.15) is 0 Å². The summed E-state index contributed by atoms with van der Waals surface area (Å²) in [6, 6.07) is 0. The van der Waals surface area contributed by atoms with Crippen LogP contribution < -0.4 is 0 Å². The van der Waals surface area contributed by atoms with Gasteiger partial charge in [0.25, 0.3) is 0 Å². The first-order valence-corrected chi connectivity index (χ1v) is 8.75. The quantitative estimate of drug-likeness (QED) is 0.494. The van der Waals surface area contributed by atoms with Gasteiger partial charge in [0.2, 0.25) is 0 Å². The molecule has 0 aromatic carbocycles. The Hall–Kier alpha value is -2.10. The van der Waals surface area contributed by atoms with Gasteiger partial charge in [-0.1, -0.05) is 37.1 Å². The van der Waals surface area contributed by atoms with Gasteiger partial charge in [0.05, 0.1) is 5.92 Å². The predicted molar refractivity (Wildman–Crippen MR) is 100 cm³/mol. The Bertz CT molecular complexity index is 664. The molecular weight excluding hydrogens is 316 g/mol. The second-order valence-corrected chi connectivity index (χ2v) is 7.53. The van der Waals surface area contributed by atoms with Gasteiger partial charge >= 0.3 is 0 Å². The molecule has 1 rings (SSSR count). The van der Waals surface area contributed by atoms with Crippen LogP contribution in [-0.4, -0.2) is 21.8 Å². The van der Waals surface area contributed by atoms with E-state index in [9.17, 15) is 19.8 Å². The first-order valence-electron chi connectivity index (χ1n) is 8.75. The zero-order valence-electron chi connectivity index (χ0n) is 16.1. The fourth-order valence-electron chi connectivity index (χ4n) is 2.72. The Labute approximate surface area is 150 Å². The molecular formula is C21H30O4. The summed E-state index contributed by atoms with van der Waals surface area (Å²) in [6.07, 6.45) is 4.52. The van der Waals surface area contributed by atoms with E-state index >= 15 is 0 Å². The van der Waals surface area contributed by atoms with E-state index in [1.165, 1.54) is 0 Å². The first kappa shape index (κ1) is 20.9. The summed E-state index contributed by atoms with van der Waals surface area (Å²) >= 11 is 0. The lowest BCUT2D eigenvalue weighted by Gasteiger charge is -2.25. The number of allylic oxidation sites excluding steroid dienone is 7. The molecule has 0 radical (unpaired) electrons. The van der Waals surface area contributed by atoms with Crippen LogP contribution in [-0.2, 0) is 9.59 Å². The molecule has 4 nitrogen and oxygen atoms in total. The van der Waals surface area contributed by atoms with E-state index < -0.39 is 11.7 Å². The van der Waals surface area contributed by atoms with Crippen LogP contribution in [0.5, 0.6) is 0 Å². The van der Waals surface area contributed by atoms with Crippen LogP contribution in [0.2, 0.25) is 0 Å². The Balaban J connectivity index is 3.41. The van der Waals surface area contributed by atoms with Gasteiger partial charge in [-0.25, -0.2) is 0 Å². The second-order valence-electron chi connectivity index (χ2n) is 7.53. The summed E-state index contributed by atoms with van der Waals surface area (Å²) in [4.78, 5) is 25.3. The van der Waals surface area contributed by atoms with Crippen molar-refractivity contribution < 1.29 is 19.8 Å². The molecule has 1 atom stereocenters. The van der Waals surface area contributed by atoms with E-state index in [2.05, 4.69) is 0 Å². The molecule has 0 fully saturated rings. The van der Waals surface area contributed by atoms with Gasteiger partial charge in [-0.05, 0) is 46.5 Å². The fraction of sp³-hybridized carbons (Fsp3) is 0.524. The lowest BCUT2D eigenvalue weighted by Crippen LogP contribution is -2.30. The third kappa shape index (κ3) is 5.45. The summed E-state index contributed by atoms with van der Waals surface area (Å²) in [5.41, 5.74) is 2.18. The number of aliphatic hydroxyl groups is 2. The smallest absolute Gasteiger partial charge is 0.181 e. The number of rotatable bonds is 7. The van der Waals surface area contributed by atoms with Crippen molar-refractivity contribution in [2.45, 2.75) is 60.8 Å². The SMILES string of the molecule is CC(C)=CCC1=C(O)C(CC=C(C)C)C(=O)C(C(=O)CC(C)C)=C1O. The highest BCUT2D eigenvalue weighted by Crippen LogP contribution is 2.35. The molecule has 2 N–H and O–H groups in total. The van der Waals surface area contributed by atoms with Crippen LogP contribution in [0.3, 0.4) is 0 Å². The number of carbonyl (C=O) groups excluding carboxylic acids is 2. The molecule has 0 saturated heterocycles. The molecule has 0 spiro atoms. The Morgan fingerprint density at radius 2 is 1.64 bits per heavy atom. The lowest BCUT2D eigenvalue weighted by molar-refractivity contribution is -0.124. The maximum absolute atomic E-state index is 12.8. The van der Waals surface area contributed by atoms with Gasteiger partial charge in [-0.3, -0.25) is 9.59 Å². The molecule has 138 valence electrons. The monoisotopic (exact) mass is 346 g/mol. The van der Waals surface area contributed by atoms with Gasteiger partial charge in [-0.15, -0.1) is 0 Å². The van der Waals surface area contributed by atoms with Crippen molar-refractivity contribution in [1.29, 1.82) is 0 Å². The molecule has 4 heteroatoms. The van der Waals surface area contributed by atoms with Crippen molar-refractivity contribution in [3.05, 3.63) is 46.0 Å². The Kier molecular flexibility index (Phi) is 7.40. The second kappa shape index (κ2) is 8.84. The topological polar surface area (TPSA) is 74.6 Å². The summed E-state index contributed by atoms with van der Waals surface area (Å²) < 4.78 is 0. The summed E-state index contributed by atoms with van der Waals surface area (Å²) in [7, 11) is 0. The van der Waals surface area contributed by atoms with E-state index in [1.54, 1.807) is 0 Å². The van der Waals surface area contributed by atoms with Crippen molar-refractivity contribution in [2.24, 2.45) is 11.8 Å². The van der Waals surface area contributed by atoms with Crippen LogP contribution in [0.1, 0.15) is 60.8 Å². The lowest BCUT2D eigenvalue weighted by atomic mass is 9.80.